The highest BCUT2D eigenvalue weighted by molar-refractivity contribution is 9.10. The maximum absolute atomic E-state index is 10.9. The molecule has 0 saturated carbocycles. The van der Waals surface area contributed by atoms with Gasteiger partial charge in [0.2, 0.25) is 0 Å². The topological polar surface area (TPSA) is 112 Å². The maximum Gasteiger partial charge on any atom is 0.303 e. The standard InChI is InChI=1S/C25H22BrN3O3/c26-18-8-11-20-21(13-18)29-25(32)23(20)24(28-19-9-3-16(14-27)4-10-19)17-6-1-15(2-7-17)5-12-22(30)31/h1-4,6-11,13,29,32H,5,12,14,27H2,(H,30,31). The van der Waals surface area contributed by atoms with Crippen LogP contribution < -0.4 is 5.73 Å². The highest BCUT2D eigenvalue weighted by Gasteiger charge is 2.19. The number of halogens is 1. The van der Waals surface area contributed by atoms with Crippen molar-refractivity contribution in [1.82, 2.24) is 4.98 Å². The molecule has 3 aromatic carbocycles. The van der Waals surface area contributed by atoms with Gasteiger partial charge >= 0.3 is 5.97 Å². The summed E-state index contributed by atoms with van der Waals surface area (Å²) in [5.41, 5.74) is 11.2. The first kappa shape index (κ1) is 21.8. The summed E-state index contributed by atoms with van der Waals surface area (Å²) < 4.78 is 0.899. The smallest absolute Gasteiger partial charge is 0.303 e. The van der Waals surface area contributed by atoms with Gasteiger partial charge in [0, 0.05) is 28.4 Å². The van der Waals surface area contributed by atoms with Crippen molar-refractivity contribution in [2.45, 2.75) is 19.4 Å². The summed E-state index contributed by atoms with van der Waals surface area (Å²) in [6.07, 6.45) is 0.529. The van der Waals surface area contributed by atoms with Gasteiger partial charge in [0.15, 0.2) is 5.88 Å². The van der Waals surface area contributed by atoms with Gasteiger partial charge in [-0.3, -0.25) is 4.79 Å². The van der Waals surface area contributed by atoms with Gasteiger partial charge in [0.25, 0.3) is 0 Å². The Bertz CT molecular complexity index is 1290. The molecule has 0 saturated heterocycles. The Morgan fingerprint density at radius 1 is 1.00 bits per heavy atom. The molecule has 7 heteroatoms. The summed E-state index contributed by atoms with van der Waals surface area (Å²) >= 11 is 3.46. The number of nitrogens with zero attached hydrogens (tertiary/aromatic N) is 1. The number of fused-ring (bicyclic) bond motifs is 1. The average molecular weight is 492 g/mol. The molecule has 0 fully saturated rings. The molecule has 32 heavy (non-hydrogen) atoms. The summed E-state index contributed by atoms with van der Waals surface area (Å²) in [6, 6.07) is 21.0. The number of carboxylic acids is 1. The van der Waals surface area contributed by atoms with Gasteiger partial charge in [-0.15, -0.1) is 0 Å². The third-order valence-corrected chi connectivity index (χ3v) is 5.74. The molecule has 0 unspecified atom stereocenters. The number of carboxylic acid groups (broad SMARTS) is 1. The fourth-order valence-corrected chi connectivity index (χ4v) is 3.94. The Morgan fingerprint density at radius 2 is 1.69 bits per heavy atom. The molecule has 4 rings (SSSR count). The number of hydrogen-bond donors (Lipinski definition) is 4. The Balaban J connectivity index is 1.83. The molecule has 1 aromatic heterocycles. The number of rotatable bonds is 7. The summed E-state index contributed by atoms with van der Waals surface area (Å²) in [7, 11) is 0. The van der Waals surface area contributed by atoms with E-state index in [0.29, 0.717) is 24.2 Å². The van der Waals surface area contributed by atoms with Crippen LogP contribution in [0.25, 0.3) is 10.9 Å². The summed E-state index contributed by atoms with van der Waals surface area (Å²) in [6.45, 7) is 0.451. The van der Waals surface area contributed by atoms with Gasteiger partial charge in [-0.05, 0) is 41.8 Å². The second-order valence-electron chi connectivity index (χ2n) is 7.46. The van der Waals surface area contributed by atoms with E-state index in [1.54, 1.807) is 0 Å². The van der Waals surface area contributed by atoms with Crippen molar-refractivity contribution in [1.29, 1.82) is 0 Å². The minimum Gasteiger partial charge on any atom is -0.494 e. The normalized spacial score (nSPS) is 11.8. The number of aliphatic imine (C=N–C) groups is 1. The summed E-state index contributed by atoms with van der Waals surface area (Å²) in [5.74, 6) is -0.794. The second-order valence-corrected chi connectivity index (χ2v) is 8.38. The Labute approximate surface area is 193 Å². The molecule has 5 N–H and O–H groups in total. The SMILES string of the molecule is NCc1ccc(N=C(c2ccc(CCC(=O)O)cc2)c2c(O)[nH]c3cc(Br)ccc23)cc1. The molecule has 0 radical (unpaired) electrons. The van der Waals surface area contributed by atoms with E-state index in [4.69, 9.17) is 15.8 Å². The lowest BCUT2D eigenvalue weighted by molar-refractivity contribution is -0.136. The number of nitrogens with two attached hydrogens (primary N) is 1. The minimum absolute atomic E-state index is 0.0328. The van der Waals surface area contributed by atoms with Crippen molar-refractivity contribution in [3.05, 3.63) is 93.5 Å². The molecule has 0 aliphatic heterocycles. The zero-order chi connectivity index (χ0) is 22.7. The Morgan fingerprint density at radius 3 is 2.34 bits per heavy atom. The van der Waals surface area contributed by atoms with Crippen molar-refractivity contribution in [2.75, 3.05) is 0 Å². The number of hydrogen-bond acceptors (Lipinski definition) is 4. The van der Waals surface area contributed by atoms with Crippen molar-refractivity contribution in [3.8, 4) is 5.88 Å². The van der Waals surface area contributed by atoms with Gasteiger partial charge in [-0.25, -0.2) is 4.99 Å². The number of carbonyl (C=O) groups is 1. The van der Waals surface area contributed by atoms with Gasteiger partial charge in [0.1, 0.15) is 0 Å². The van der Waals surface area contributed by atoms with Gasteiger partial charge in [-0.2, -0.15) is 0 Å². The number of aliphatic carboxylic acids is 1. The number of nitrogens with one attached hydrogen (secondary N) is 1. The van der Waals surface area contributed by atoms with E-state index >= 15 is 0 Å². The van der Waals surface area contributed by atoms with E-state index in [1.165, 1.54) is 0 Å². The number of aromatic hydroxyl groups is 1. The average Bonchev–Trinajstić information content (AvgIpc) is 3.11. The van der Waals surface area contributed by atoms with Crippen LogP contribution in [0.15, 0.2) is 76.2 Å². The molecule has 162 valence electrons. The van der Waals surface area contributed by atoms with Crippen LogP contribution in [0.1, 0.15) is 28.7 Å². The molecule has 4 aromatic rings. The molecular formula is C25H22BrN3O3. The minimum atomic E-state index is -0.827. The van der Waals surface area contributed by atoms with Crippen LogP contribution in [-0.2, 0) is 17.8 Å². The first-order chi connectivity index (χ1) is 15.4. The van der Waals surface area contributed by atoms with Crippen LogP contribution in [0.5, 0.6) is 5.88 Å². The molecule has 0 amide bonds. The number of H-pyrrole nitrogens is 1. The van der Waals surface area contributed by atoms with Crippen molar-refractivity contribution in [3.63, 3.8) is 0 Å². The number of aryl methyl sites for hydroxylation is 1. The van der Waals surface area contributed by atoms with E-state index in [0.717, 1.165) is 37.8 Å². The molecule has 0 aliphatic carbocycles. The van der Waals surface area contributed by atoms with Crippen molar-refractivity contribution in [2.24, 2.45) is 10.7 Å². The third-order valence-electron chi connectivity index (χ3n) is 5.25. The lowest BCUT2D eigenvalue weighted by Crippen LogP contribution is -2.04. The van der Waals surface area contributed by atoms with Gasteiger partial charge in [-0.1, -0.05) is 58.4 Å². The number of aromatic amines is 1. The monoisotopic (exact) mass is 491 g/mol. The third kappa shape index (κ3) is 4.74. The zero-order valence-electron chi connectivity index (χ0n) is 17.2. The molecular weight excluding hydrogens is 470 g/mol. The van der Waals surface area contributed by atoms with Crippen molar-refractivity contribution < 1.29 is 15.0 Å². The van der Waals surface area contributed by atoms with Crippen LogP contribution in [0.3, 0.4) is 0 Å². The lowest BCUT2D eigenvalue weighted by Gasteiger charge is -2.09. The Kier molecular flexibility index (Phi) is 6.39. The molecule has 0 atom stereocenters. The van der Waals surface area contributed by atoms with E-state index in [1.807, 2.05) is 66.7 Å². The van der Waals surface area contributed by atoms with Crippen LogP contribution >= 0.6 is 15.9 Å². The summed E-state index contributed by atoms with van der Waals surface area (Å²) in [5, 5.41) is 20.6. The van der Waals surface area contributed by atoms with Gasteiger partial charge in [0.05, 0.1) is 22.5 Å². The Hall–Kier alpha value is -3.42. The van der Waals surface area contributed by atoms with E-state index in [2.05, 4.69) is 20.9 Å². The number of aromatic nitrogens is 1. The van der Waals surface area contributed by atoms with Gasteiger partial charge < -0.3 is 20.9 Å². The first-order valence-electron chi connectivity index (χ1n) is 10.1. The zero-order valence-corrected chi connectivity index (χ0v) is 18.8. The van der Waals surface area contributed by atoms with E-state index in [-0.39, 0.29) is 12.3 Å². The predicted octanol–water partition coefficient (Wildman–Crippen LogP) is 5.28. The largest absolute Gasteiger partial charge is 0.494 e. The quantitative estimate of drug-likeness (QED) is 0.263. The van der Waals surface area contributed by atoms with Crippen LogP contribution in [0.4, 0.5) is 5.69 Å². The molecule has 0 spiro atoms. The molecule has 6 nitrogen and oxygen atoms in total. The highest BCUT2D eigenvalue weighted by Crippen LogP contribution is 2.33. The maximum atomic E-state index is 10.9. The first-order valence-corrected chi connectivity index (χ1v) is 10.9. The van der Waals surface area contributed by atoms with E-state index < -0.39 is 5.97 Å². The lowest BCUT2D eigenvalue weighted by atomic mass is 9.98. The fraction of sp³-hybridized carbons (Fsp3) is 0.120. The fourth-order valence-electron chi connectivity index (χ4n) is 3.58. The predicted molar refractivity (Wildman–Crippen MR) is 130 cm³/mol. The number of benzene rings is 3. The van der Waals surface area contributed by atoms with Crippen LogP contribution in [0, 0.1) is 0 Å². The highest BCUT2D eigenvalue weighted by atomic mass is 79.9. The van der Waals surface area contributed by atoms with E-state index in [9.17, 15) is 9.90 Å². The summed E-state index contributed by atoms with van der Waals surface area (Å²) in [4.78, 5) is 18.8. The second kappa shape index (κ2) is 9.38. The van der Waals surface area contributed by atoms with Crippen LogP contribution in [0.2, 0.25) is 0 Å². The van der Waals surface area contributed by atoms with Crippen molar-refractivity contribution >= 4 is 44.2 Å². The molecule has 0 aliphatic rings. The van der Waals surface area contributed by atoms with Crippen LogP contribution in [-0.4, -0.2) is 26.9 Å². The molecule has 0 bridgehead atoms. The molecule has 1 heterocycles.